The number of furan rings is 1. The van der Waals surface area contributed by atoms with Gasteiger partial charge in [-0.15, -0.1) is 0 Å². The number of nitrogens with zero attached hydrogens (tertiary/aromatic N) is 2. The van der Waals surface area contributed by atoms with Gasteiger partial charge < -0.3 is 19.3 Å². The number of fused-ring (bicyclic) bond motifs is 2. The molecule has 44 heavy (non-hydrogen) atoms. The van der Waals surface area contributed by atoms with Crippen LogP contribution in [0.4, 0.5) is 10.1 Å². The largest absolute Gasteiger partial charge is 0.455 e. The average Bonchev–Trinajstić information content (AvgIpc) is 3.62. The Labute approximate surface area is 251 Å². The zero-order valence-electron chi connectivity index (χ0n) is 23.5. The number of amides is 1. The van der Waals surface area contributed by atoms with Crippen LogP contribution in [0.3, 0.4) is 0 Å². The van der Waals surface area contributed by atoms with E-state index in [1.54, 1.807) is 42.6 Å². The Morgan fingerprint density at radius 3 is 2.48 bits per heavy atom. The van der Waals surface area contributed by atoms with E-state index in [0.29, 0.717) is 51.2 Å². The minimum atomic E-state index is -3.83. The number of rotatable bonds is 10. The number of sulfonamides is 1. The van der Waals surface area contributed by atoms with Crippen LogP contribution in [0.1, 0.15) is 23.2 Å². The van der Waals surface area contributed by atoms with Crippen LogP contribution in [0.5, 0.6) is 0 Å². The van der Waals surface area contributed by atoms with E-state index < -0.39 is 21.7 Å². The molecule has 12 heteroatoms. The van der Waals surface area contributed by atoms with Crippen LogP contribution in [0.2, 0.25) is 0 Å². The van der Waals surface area contributed by atoms with E-state index in [1.165, 1.54) is 37.4 Å². The van der Waals surface area contributed by atoms with E-state index in [4.69, 9.17) is 13.9 Å². The first-order valence-corrected chi connectivity index (χ1v) is 15.4. The van der Waals surface area contributed by atoms with Crippen molar-refractivity contribution in [2.24, 2.45) is 0 Å². The summed E-state index contributed by atoms with van der Waals surface area (Å²) in [6, 6.07) is 19.5. The number of hydrogen-bond donors (Lipinski definition) is 3. The molecule has 0 saturated carbocycles. The normalized spacial score (nSPS) is 11.7. The molecule has 0 fully saturated rings. The number of hydrogen-bond acceptors (Lipinski definition) is 8. The standard InChI is InChI=1S/C32H27FN4O6S/c1-34-31(39)28-24-17-23(20-6-4-7-21(16-20)32-36-30-26(43-32)8-5-13-35-30)25(37-44(40,41)15-3-2-14-38)18-27(24)42-29(28)19-9-11-22(33)12-10-19/h4-13,16-18,37-38H,2-3,14-15H2,1H3,(H,34,39). The molecular formula is C32H27FN4O6S. The van der Waals surface area contributed by atoms with E-state index in [9.17, 15) is 17.6 Å². The van der Waals surface area contributed by atoms with E-state index in [0.717, 1.165) is 0 Å². The van der Waals surface area contributed by atoms with Gasteiger partial charge in [-0.1, -0.05) is 12.1 Å². The van der Waals surface area contributed by atoms with Crippen LogP contribution in [-0.2, 0) is 10.0 Å². The molecule has 6 aromatic rings. The molecule has 3 heterocycles. The Morgan fingerprint density at radius 2 is 1.73 bits per heavy atom. The Kier molecular flexibility index (Phi) is 7.85. The minimum absolute atomic E-state index is 0.119. The first-order chi connectivity index (χ1) is 21.3. The van der Waals surface area contributed by atoms with Crippen molar-refractivity contribution in [3.05, 3.63) is 90.4 Å². The number of benzene rings is 3. The monoisotopic (exact) mass is 614 g/mol. The van der Waals surface area contributed by atoms with E-state index >= 15 is 0 Å². The third-order valence-corrected chi connectivity index (χ3v) is 8.42. The number of oxazole rings is 1. The molecule has 3 N–H and O–H groups in total. The summed E-state index contributed by atoms with van der Waals surface area (Å²) in [5, 5.41) is 12.2. The summed E-state index contributed by atoms with van der Waals surface area (Å²) in [4.78, 5) is 21.9. The predicted molar refractivity (Wildman–Crippen MR) is 165 cm³/mol. The van der Waals surface area contributed by atoms with E-state index in [-0.39, 0.29) is 41.4 Å². The van der Waals surface area contributed by atoms with Crippen molar-refractivity contribution in [2.45, 2.75) is 12.8 Å². The lowest BCUT2D eigenvalue weighted by atomic mass is 9.97. The molecule has 10 nitrogen and oxygen atoms in total. The zero-order chi connectivity index (χ0) is 30.8. The summed E-state index contributed by atoms with van der Waals surface area (Å²) >= 11 is 0. The lowest BCUT2D eigenvalue weighted by Crippen LogP contribution is -2.18. The number of pyridine rings is 1. The van der Waals surface area contributed by atoms with Crippen LogP contribution in [0.25, 0.3) is 56.1 Å². The highest BCUT2D eigenvalue weighted by Gasteiger charge is 2.25. The number of nitrogens with one attached hydrogen (secondary N) is 2. The minimum Gasteiger partial charge on any atom is -0.455 e. The molecule has 0 spiro atoms. The molecule has 0 unspecified atom stereocenters. The molecule has 1 amide bonds. The number of anilines is 1. The quantitative estimate of drug-likeness (QED) is 0.160. The second-order valence-electron chi connectivity index (χ2n) is 10.1. The molecule has 0 bridgehead atoms. The fraction of sp³-hybridized carbons (Fsp3) is 0.156. The average molecular weight is 615 g/mol. The van der Waals surface area contributed by atoms with Gasteiger partial charge in [-0.2, -0.15) is 4.98 Å². The molecule has 3 aromatic heterocycles. The molecule has 0 aliphatic heterocycles. The summed E-state index contributed by atoms with van der Waals surface area (Å²) in [5.41, 5.74) is 3.84. The number of aliphatic hydroxyl groups excluding tert-OH is 1. The second kappa shape index (κ2) is 11.9. The summed E-state index contributed by atoms with van der Waals surface area (Å²) in [6.07, 6.45) is 2.22. The molecule has 3 aromatic carbocycles. The van der Waals surface area contributed by atoms with Gasteiger partial charge >= 0.3 is 0 Å². The smallest absolute Gasteiger partial charge is 0.255 e. The first kappa shape index (κ1) is 29.0. The van der Waals surface area contributed by atoms with Crippen LogP contribution in [0.15, 0.2) is 87.8 Å². The lowest BCUT2D eigenvalue weighted by Gasteiger charge is -2.14. The number of carbonyl (C=O) groups excluding carboxylic acids is 1. The third-order valence-electron chi connectivity index (χ3n) is 7.06. The van der Waals surface area contributed by atoms with Crippen molar-refractivity contribution in [1.29, 1.82) is 0 Å². The van der Waals surface area contributed by atoms with Gasteiger partial charge in [0.25, 0.3) is 5.91 Å². The van der Waals surface area contributed by atoms with Gasteiger partial charge in [-0.05, 0) is 73.0 Å². The molecule has 0 atom stereocenters. The molecule has 224 valence electrons. The molecular weight excluding hydrogens is 587 g/mol. The highest BCUT2D eigenvalue weighted by atomic mass is 32.2. The van der Waals surface area contributed by atoms with Gasteiger partial charge in [0.2, 0.25) is 15.9 Å². The molecule has 0 aliphatic rings. The summed E-state index contributed by atoms with van der Waals surface area (Å²) < 4.78 is 54.6. The zero-order valence-corrected chi connectivity index (χ0v) is 24.3. The Bertz CT molecular complexity index is 2070. The summed E-state index contributed by atoms with van der Waals surface area (Å²) in [6.45, 7) is -0.119. The molecule has 0 saturated heterocycles. The maximum atomic E-state index is 13.7. The molecule has 6 rings (SSSR count). The number of unbranched alkanes of at least 4 members (excludes halogenated alkanes) is 1. The Hall–Kier alpha value is -5.07. The predicted octanol–water partition coefficient (Wildman–Crippen LogP) is 5.98. The maximum absolute atomic E-state index is 13.7. The number of aromatic nitrogens is 2. The number of halogens is 1. The van der Waals surface area contributed by atoms with Crippen molar-refractivity contribution in [3.63, 3.8) is 0 Å². The van der Waals surface area contributed by atoms with Gasteiger partial charge in [0.15, 0.2) is 11.2 Å². The van der Waals surface area contributed by atoms with Gasteiger partial charge in [0.1, 0.15) is 17.2 Å². The van der Waals surface area contributed by atoms with Crippen LogP contribution in [0, 0.1) is 5.82 Å². The fourth-order valence-electron chi connectivity index (χ4n) is 4.96. The van der Waals surface area contributed by atoms with Gasteiger partial charge in [-0.25, -0.2) is 17.8 Å². The fourth-order valence-corrected chi connectivity index (χ4v) is 6.15. The van der Waals surface area contributed by atoms with E-state index in [2.05, 4.69) is 20.0 Å². The summed E-state index contributed by atoms with van der Waals surface area (Å²) in [5.74, 6) is -0.536. The third kappa shape index (κ3) is 5.77. The number of carbonyl (C=O) groups is 1. The van der Waals surface area contributed by atoms with Crippen LogP contribution in [-0.4, -0.2) is 48.8 Å². The SMILES string of the molecule is CNC(=O)c1c(-c2ccc(F)cc2)oc2cc(NS(=O)(=O)CCCCO)c(-c3cccc(-c4nc5ncccc5o4)c3)cc12. The van der Waals surface area contributed by atoms with Crippen molar-refractivity contribution in [3.8, 4) is 33.9 Å². The van der Waals surface area contributed by atoms with Crippen molar-refractivity contribution in [1.82, 2.24) is 15.3 Å². The number of aliphatic hydroxyl groups is 1. The van der Waals surface area contributed by atoms with Crippen LogP contribution >= 0.6 is 0 Å². The Morgan fingerprint density at radius 1 is 0.932 bits per heavy atom. The Balaban J connectivity index is 1.54. The van der Waals surface area contributed by atoms with Crippen molar-refractivity contribution < 1.29 is 31.5 Å². The highest BCUT2D eigenvalue weighted by molar-refractivity contribution is 7.92. The van der Waals surface area contributed by atoms with Crippen molar-refractivity contribution in [2.75, 3.05) is 24.1 Å². The van der Waals surface area contributed by atoms with Gasteiger partial charge in [0.05, 0.1) is 17.0 Å². The van der Waals surface area contributed by atoms with Crippen LogP contribution < -0.4 is 10.0 Å². The summed E-state index contributed by atoms with van der Waals surface area (Å²) in [7, 11) is -2.34. The molecule has 0 radical (unpaired) electrons. The maximum Gasteiger partial charge on any atom is 0.255 e. The lowest BCUT2D eigenvalue weighted by molar-refractivity contribution is 0.0964. The van der Waals surface area contributed by atoms with Gasteiger partial charge in [0, 0.05) is 48.0 Å². The van der Waals surface area contributed by atoms with Gasteiger partial charge in [-0.3, -0.25) is 9.52 Å². The van der Waals surface area contributed by atoms with Crippen molar-refractivity contribution >= 4 is 43.8 Å². The van der Waals surface area contributed by atoms with E-state index in [1.807, 2.05) is 6.07 Å². The topological polar surface area (TPSA) is 148 Å². The molecule has 0 aliphatic carbocycles. The highest BCUT2D eigenvalue weighted by Crippen LogP contribution is 2.41. The first-order valence-electron chi connectivity index (χ1n) is 13.8. The second-order valence-corrected chi connectivity index (χ2v) is 11.9.